The van der Waals surface area contributed by atoms with E-state index >= 15 is 0 Å². The Morgan fingerprint density at radius 3 is 2.55 bits per heavy atom. The molecule has 1 aromatic carbocycles. The van der Waals surface area contributed by atoms with Gasteiger partial charge in [-0.2, -0.15) is 0 Å². The topological polar surface area (TPSA) is 26.0 Å². The van der Waals surface area contributed by atoms with Crippen LogP contribution in [0.25, 0.3) is 0 Å². The minimum atomic E-state index is 0.397. The fourth-order valence-corrected chi connectivity index (χ4v) is 1.93. The van der Waals surface area contributed by atoms with Gasteiger partial charge >= 0.3 is 0 Å². The second-order valence-electron chi connectivity index (χ2n) is 3.03. The van der Waals surface area contributed by atoms with Gasteiger partial charge in [-0.25, -0.2) is 0 Å². The Kier molecular flexibility index (Phi) is 1.74. The van der Waals surface area contributed by atoms with Gasteiger partial charge in [-0.3, -0.25) is 0 Å². The second kappa shape index (κ2) is 2.61. The highest BCUT2D eigenvalue weighted by Gasteiger charge is 2.35. The van der Waals surface area contributed by atoms with E-state index in [1.165, 1.54) is 10.0 Å². The molecule has 0 aromatic heterocycles. The smallest absolute Gasteiger partial charge is 0.0210 e. The van der Waals surface area contributed by atoms with Gasteiger partial charge in [0, 0.05) is 16.4 Å². The van der Waals surface area contributed by atoms with Gasteiger partial charge in [0.1, 0.15) is 0 Å². The number of rotatable bonds is 1. The van der Waals surface area contributed by atoms with Crippen molar-refractivity contribution in [1.29, 1.82) is 0 Å². The van der Waals surface area contributed by atoms with Crippen molar-refractivity contribution in [2.75, 3.05) is 0 Å². The Hall–Kier alpha value is -0.340. The zero-order valence-corrected chi connectivity index (χ0v) is 7.71. The van der Waals surface area contributed by atoms with Crippen molar-refractivity contribution in [3.63, 3.8) is 0 Å². The molecular formula is C9H10BrN. The molecular weight excluding hydrogens is 202 g/mol. The Morgan fingerprint density at radius 2 is 2.00 bits per heavy atom. The fourth-order valence-electron chi connectivity index (χ4n) is 1.35. The molecule has 1 saturated carbocycles. The van der Waals surface area contributed by atoms with Crippen LogP contribution in [-0.4, -0.2) is 6.04 Å². The molecule has 1 fully saturated rings. The van der Waals surface area contributed by atoms with Crippen LogP contribution in [-0.2, 0) is 0 Å². The number of hydrogen-bond donors (Lipinski definition) is 1. The van der Waals surface area contributed by atoms with Gasteiger partial charge in [-0.05, 0) is 18.1 Å². The standard InChI is InChI=1S/C9H10BrN/c10-8-4-2-1-3-6(8)7-5-9(7)11/h1-4,7,9H,5,11H2/t7-,9+/m1/s1. The molecule has 58 valence electrons. The van der Waals surface area contributed by atoms with Crippen LogP contribution in [0.15, 0.2) is 28.7 Å². The van der Waals surface area contributed by atoms with Gasteiger partial charge in [0.2, 0.25) is 0 Å². The van der Waals surface area contributed by atoms with Gasteiger partial charge in [0.05, 0.1) is 0 Å². The molecule has 0 saturated heterocycles. The van der Waals surface area contributed by atoms with Gasteiger partial charge in [-0.1, -0.05) is 34.1 Å². The highest BCUT2D eigenvalue weighted by atomic mass is 79.9. The molecule has 2 N–H and O–H groups in total. The first-order chi connectivity index (χ1) is 5.29. The van der Waals surface area contributed by atoms with E-state index in [4.69, 9.17) is 5.73 Å². The molecule has 0 spiro atoms. The predicted octanol–water partition coefficient (Wildman–Crippen LogP) is 2.26. The van der Waals surface area contributed by atoms with Crippen LogP contribution in [0.4, 0.5) is 0 Å². The molecule has 1 nitrogen and oxygen atoms in total. The van der Waals surface area contributed by atoms with Crippen molar-refractivity contribution in [3.05, 3.63) is 34.3 Å². The van der Waals surface area contributed by atoms with E-state index in [0.29, 0.717) is 12.0 Å². The summed E-state index contributed by atoms with van der Waals surface area (Å²) in [5.41, 5.74) is 7.11. The molecule has 0 aliphatic heterocycles. The maximum atomic E-state index is 5.75. The molecule has 0 radical (unpaired) electrons. The molecule has 0 unspecified atom stereocenters. The zero-order valence-electron chi connectivity index (χ0n) is 6.13. The van der Waals surface area contributed by atoms with Crippen LogP contribution in [0.2, 0.25) is 0 Å². The number of nitrogens with two attached hydrogens (primary N) is 1. The first-order valence-corrected chi connectivity index (χ1v) is 4.58. The summed E-state index contributed by atoms with van der Waals surface area (Å²) in [4.78, 5) is 0. The normalized spacial score (nSPS) is 28.5. The monoisotopic (exact) mass is 211 g/mol. The molecule has 1 aliphatic carbocycles. The lowest BCUT2D eigenvalue weighted by Crippen LogP contribution is -2.01. The fraction of sp³-hybridized carbons (Fsp3) is 0.333. The van der Waals surface area contributed by atoms with Gasteiger partial charge in [0.15, 0.2) is 0 Å². The van der Waals surface area contributed by atoms with E-state index in [2.05, 4.69) is 34.1 Å². The van der Waals surface area contributed by atoms with Gasteiger partial charge in [-0.15, -0.1) is 0 Å². The third kappa shape index (κ3) is 1.33. The van der Waals surface area contributed by atoms with Crippen LogP contribution in [0.5, 0.6) is 0 Å². The summed E-state index contributed by atoms with van der Waals surface area (Å²) in [5, 5.41) is 0. The lowest BCUT2D eigenvalue weighted by atomic mass is 10.1. The maximum Gasteiger partial charge on any atom is 0.0210 e. The SMILES string of the molecule is N[C@H]1C[C@@H]1c1ccccc1Br. The molecule has 2 rings (SSSR count). The largest absolute Gasteiger partial charge is 0.327 e. The Bertz CT molecular complexity index is 272. The van der Waals surface area contributed by atoms with Gasteiger partial charge < -0.3 is 5.73 Å². The van der Waals surface area contributed by atoms with Crippen molar-refractivity contribution < 1.29 is 0 Å². The van der Waals surface area contributed by atoms with Crippen LogP contribution in [0, 0.1) is 0 Å². The van der Waals surface area contributed by atoms with Crippen molar-refractivity contribution >= 4 is 15.9 Å². The lowest BCUT2D eigenvalue weighted by Gasteiger charge is -2.00. The van der Waals surface area contributed by atoms with E-state index in [0.717, 1.165) is 6.42 Å². The van der Waals surface area contributed by atoms with Gasteiger partial charge in [0.25, 0.3) is 0 Å². The quantitative estimate of drug-likeness (QED) is 0.759. The third-order valence-electron chi connectivity index (χ3n) is 2.14. The number of benzene rings is 1. The molecule has 0 amide bonds. The summed E-state index contributed by atoms with van der Waals surface area (Å²) < 4.78 is 1.19. The summed E-state index contributed by atoms with van der Waals surface area (Å²) in [7, 11) is 0. The van der Waals surface area contributed by atoms with Crippen molar-refractivity contribution in [1.82, 2.24) is 0 Å². The molecule has 0 heterocycles. The van der Waals surface area contributed by atoms with Crippen molar-refractivity contribution in [2.24, 2.45) is 5.73 Å². The summed E-state index contributed by atoms with van der Waals surface area (Å²) in [6.45, 7) is 0. The average Bonchev–Trinajstić information content (AvgIpc) is 2.68. The Morgan fingerprint density at radius 1 is 1.36 bits per heavy atom. The Balaban J connectivity index is 2.31. The predicted molar refractivity (Wildman–Crippen MR) is 49.5 cm³/mol. The maximum absolute atomic E-state index is 5.75. The summed E-state index contributed by atoms with van der Waals surface area (Å²) in [5.74, 6) is 0.602. The molecule has 11 heavy (non-hydrogen) atoms. The molecule has 1 aromatic rings. The highest BCUT2D eigenvalue weighted by molar-refractivity contribution is 9.10. The van der Waals surface area contributed by atoms with E-state index < -0.39 is 0 Å². The van der Waals surface area contributed by atoms with Crippen LogP contribution in [0.3, 0.4) is 0 Å². The van der Waals surface area contributed by atoms with E-state index in [9.17, 15) is 0 Å². The van der Waals surface area contributed by atoms with Crippen LogP contribution in [0.1, 0.15) is 17.9 Å². The summed E-state index contributed by atoms with van der Waals surface area (Å²) in [6.07, 6.45) is 1.14. The number of halogens is 1. The van der Waals surface area contributed by atoms with E-state index in [1.54, 1.807) is 0 Å². The number of hydrogen-bond acceptors (Lipinski definition) is 1. The average molecular weight is 212 g/mol. The minimum absolute atomic E-state index is 0.397. The molecule has 0 bridgehead atoms. The van der Waals surface area contributed by atoms with Crippen molar-refractivity contribution in [2.45, 2.75) is 18.4 Å². The van der Waals surface area contributed by atoms with E-state index in [-0.39, 0.29) is 0 Å². The Labute approximate surface area is 74.7 Å². The summed E-state index contributed by atoms with van der Waals surface area (Å²) in [6, 6.07) is 8.70. The lowest BCUT2D eigenvalue weighted by molar-refractivity contribution is 0.986. The second-order valence-corrected chi connectivity index (χ2v) is 3.88. The van der Waals surface area contributed by atoms with Crippen LogP contribution >= 0.6 is 15.9 Å². The van der Waals surface area contributed by atoms with E-state index in [1.807, 2.05) is 6.07 Å². The minimum Gasteiger partial charge on any atom is -0.327 e. The molecule has 2 atom stereocenters. The highest BCUT2D eigenvalue weighted by Crippen LogP contribution is 2.41. The zero-order chi connectivity index (χ0) is 7.84. The molecule has 1 aliphatic rings. The van der Waals surface area contributed by atoms with Crippen LogP contribution < -0.4 is 5.73 Å². The molecule has 2 heteroatoms. The third-order valence-corrected chi connectivity index (χ3v) is 2.87. The first kappa shape index (κ1) is 7.32. The van der Waals surface area contributed by atoms with Crippen molar-refractivity contribution in [3.8, 4) is 0 Å². The summed E-state index contributed by atoms with van der Waals surface area (Å²) >= 11 is 3.51. The first-order valence-electron chi connectivity index (χ1n) is 3.79.